The third kappa shape index (κ3) is 2.14. The van der Waals surface area contributed by atoms with Crippen LogP contribution < -0.4 is 0 Å². The molecule has 1 heterocycles. The Morgan fingerprint density at radius 3 is 2.69 bits per heavy atom. The van der Waals surface area contributed by atoms with Crippen molar-refractivity contribution in [1.82, 2.24) is 0 Å². The van der Waals surface area contributed by atoms with Crippen LogP contribution in [-0.4, -0.2) is 24.8 Å². The fourth-order valence-corrected chi connectivity index (χ4v) is 6.07. The van der Waals surface area contributed by atoms with Gasteiger partial charge >= 0.3 is 0 Å². The molecule has 140 valence electrons. The van der Waals surface area contributed by atoms with E-state index in [0.717, 1.165) is 25.7 Å². The molecule has 0 N–H and O–H groups in total. The minimum Gasteiger partial charge on any atom is -0.493 e. The van der Waals surface area contributed by atoms with Gasteiger partial charge in [0.15, 0.2) is 11.5 Å². The molecule has 5 atom stereocenters. The van der Waals surface area contributed by atoms with Crippen LogP contribution in [0.4, 0.5) is 0 Å². The van der Waals surface area contributed by atoms with Crippen LogP contribution in [0, 0.1) is 22.7 Å². The molecule has 0 aromatic rings. The maximum atomic E-state index is 12.9. The highest BCUT2D eigenvalue weighted by molar-refractivity contribution is 6.21. The van der Waals surface area contributed by atoms with E-state index in [4.69, 9.17) is 9.47 Å². The zero-order chi connectivity index (χ0) is 18.9. The summed E-state index contributed by atoms with van der Waals surface area (Å²) in [5.41, 5.74) is 1.70. The molecule has 26 heavy (non-hydrogen) atoms. The molecular formula is C22H28O4. The molecule has 4 rings (SSSR count). The van der Waals surface area contributed by atoms with Gasteiger partial charge < -0.3 is 9.47 Å². The molecule has 4 aliphatic rings. The van der Waals surface area contributed by atoms with Gasteiger partial charge in [-0.25, -0.2) is 0 Å². The third-order valence-corrected chi connectivity index (χ3v) is 7.83. The van der Waals surface area contributed by atoms with Crippen LogP contribution in [-0.2, 0) is 19.1 Å². The molecule has 0 spiro atoms. The van der Waals surface area contributed by atoms with E-state index < -0.39 is 0 Å². The average molecular weight is 356 g/mol. The molecule has 0 amide bonds. The van der Waals surface area contributed by atoms with Crippen molar-refractivity contribution in [2.24, 2.45) is 22.7 Å². The molecule has 0 radical (unpaired) electrons. The Labute approximate surface area is 155 Å². The summed E-state index contributed by atoms with van der Waals surface area (Å²) in [6, 6.07) is 0. The van der Waals surface area contributed by atoms with Gasteiger partial charge in [0.25, 0.3) is 0 Å². The fraction of sp³-hybridized carbons (Fsp3) is 0.636. The largest absolute Gasteiger partial charge is 0.493 e. The molecule has 2 fully saturated rings. The van der Waals surface area contributed by atoms with Gasteiger partial charge in [0.1, 0.15) is 6.10 Å². The quantitative estimate of drug-likeness (QED) is 0.524. The normalized spacial score (nSPS) is 42.4. The molecule has 4 nitrogen and oxygen atoms in total. The van der Waals surface area contributed by atoms with E-state index in [1.807, 2.05) is 0 Å². The number of rotatable bonds is 1. The lowest BCUT2D eigenvalue weighted by molar-refractivity contribution is -0.128. The van der Waals surface area contributed by atoms with E-state index in [-0.39, 0.29) is 45.9 Å². The number of ether oxygens (including phenoxy) is 2. The number of carbonyl (C=O) groups excluding carboxylic acids is 2. The van der Waals surface area contributed by atoms with Crippen molar-refractivity contribution in [3.8, 4) is 0 Å². The first-order valence-corrected chi connectivity index (χ1v) is 9.65. The minimum atomic E-state index is -0.238. The van der Waals surface area contributed by atoms with E-state index in [9.17, 15) is 9.59 Å². The number of carbonyl (C=O) groups is 2. The summed E-state index contributed by atoms with van der Waals surface area (Å²) >= 11 is 0. The average Bonchev–Trinajstić information content (AvgIpc) is 2.75. The van der Waals surface area contributed by atoms with E-state index in [2.05, 4.69) is 27.4 Å². The van der Waals surface area contributed by atoms with Gasteiger partial charge in [-0.15, -0.1) is 0 Å². The van der Waals surface area contributed by atoms with Gasteiger partial charge in [0, 0.05) is 12.0 Å². The van der Waals surface area contributed by atoms with Crippen LogP contribution in [0.3, 0.4) is 0 Å². The number of allylic oxidation sites excluding steroid dienone is 3. The topological polar surface area (TPSA) is 52.6 Å². The SMILES string of the molecule is C=C1CC[C@@H]2OC3=C(C[C@]4(C)[C@@H](C)CC[C@@]1(C)[C@@H]24)C(=O)C(OC)=CC3=O. The molecule has 1 aliphatic heterocycles. The predicted octanol–water partition coefficient (Wildman–Crippen LogP) is 4.12. The van der Waals surface area contributed by atoms with Gasteiger partial charge in [-0.2, -0.15) is 0 Å². The lowest BCUT2D eigenvalue weighted by atomic mass is 9.45. The Kier molecular flexibility index (Phi) is 3.77. The predicted molar refractivity (Wildman–Crippen MR) is 98.1 cm³/mol. The third-order valence-electron chi connectivity index (χ3n) is 7.83. The van der Waals surface area contributed by atoms with Crippen molar-refractivity contribution in [1.29, 1.82) is 0 Å². The number of Topliss-reactive ketones (excluding diaryl/α,β-unsaturated/α-hetero) is 1. The van der Waals surface area contributed by atoms with Gasteiger partial charge in [-0.3, -0.25) is 9.59 Å². The van der Waals surface area contributed by atoms with Crippen molar-refractivity contribution >= 4 is 11.6 Å². The molecule has 0 aromatic carbocycles. The first-order valence-electron chi connectivity index (χ1n) is 9.65. The summed E-state index contributed by atoms with van der Waals surface area (Å²) in [6.07, 6.45) is 5.79. The van der Waals surface area contributed by atoms with E-state index in [1.54, 1.807) is 0 Å². The zero-order valence-corrected chi connectivity index (χ0v) is 16.2. The minimum absolute atomic E-state index is 0.00238. The van der Waals surface area contributed by atoms with Crippen molar-refractivity contribution in [2.75, 3.05) is 7.11 Å². The second-order valence-electron chi connectivity index (χ2n) is 9.03. The van der Waals surface area contributed by atoms with Crippen molar-refractivity contribution in [3.05, 3.63) is 35.3 Å². The summed E-state index contributed by atoms with van der Waals surface area (Å²) in [7, 11) is 1.44. The maximum Gasteiger partial charge on any atom is 0.227 e. The van der Waals surface area contributed by atoms with Crippen LogP contribution in [0.2, 0.25) is 0 Å². The lowest BCUT2D eigenvalue weighted by Gasteiger charge is -2.59. The molecule has 0 unspecified atom stereocenters. The van der Waals surface area contributed by atoms with E-state index in [1.165, 1.54) is 18.8 Å². The van der Waals surface area contributed by atoms with Gasteiger partial charge in [-0.1, -0.05) is 32.9 Å². The summed E-state index contributed by atoms with van der Waals surface area (Å²) in [6.45, 7) is 11.3. The van der Waals surface area contributed by atoms with Crippen LogP contribution in [0.15, 0.2) is 35.3 Å². The summed E-state index contributed by atoms with van der Waals surface area (Å²) in [5.74, 6) is 0.666. The van der Waals surface area contributed by atoms with Gasteiger partial charge in [-0.05, 0) is 48.9 Å². The highest BCUT2D eigenvalue weighted by Crippen LogP contribution is 2.65. The highest BCUT2D eigenvalue weighted by atomic mass is 16.5. The number of methoxy groups -OCH3 is 1. The molecule has 0 saturated heterocycles. The monoisotopic (exact) mass is 356 g/mol. The van der Waals surface area contributed by atoms with Gasteiger partial charge in [0.05, 0.1) is 12.7 Å². The second-order valence-corrected chi connectivity index (χ2v) is 9.03. The number of ketones is 2. The first kappa shape index (κ1) is 17.6. The zero-order valence-electron chi connectivity index (χ0n) is 16.2. The molecule has 2 saturated carbocycles. The summed E-state index contributed by atoms with van der Waals surface area (Å²) in [5, 5.41) is 0. The Balaban J connectivity index is 1.86. The van der Waals surface area contributed by atoms with Crippen LogP contribution in [0.1, 0.15) is 52.9 Å². The van der Waals surface area contributed by atoms with Gasteiger partial charge in [0.2, 0.25) is 11.6 Å². The van der Waals surface area contributed by atoms with Crippen LogP contribution in [0.5, 0.6) is 0 Å². The van der Waals surface area contributed by atoms with Crippen molar-refractivity contribution in [2.45, 2.75) is 59.0 Å². The number of hydrogen-bond acceptors (Lipinski definition) is 4. The fourth-order valence-electron chi connectivity index (χ4n) is 6.07. The Bertz CT molecular complexity index is 773. The molecule has 3 aliphatic carbocycles. The molecule has 0 bridgehead atoms. The molecule has 4 heteroatoms. The summed E-state index contributed by atoms with van der Waals surface area (Å²) < 4.78 is 11.5. The van der Waals surface area contributed by atoms with E-state index >= 15 is 0 Å². The molecule has 0 aromatic heterocycles. The number of hydrogen-bond donors (Lipinski definition) is 0. The smallest absolute Gasteiger partial charge is 0.227 e. The van der Waals surface area contributed by atoms with Crippen molar-refractivity contribution < 1.29 is 19.1 Å². The van der Waals surface area contributed by atoms with E-state index in [0.29, 0.717) is 17.9 Å². The van der Waals surface area contributed by atoms with Crippen molar-refractivity contribution in [3.63, 3.8) is 0 Å². The first-order chi connectivity index (χ1) is 12.2. The Hall–Kier alpha value is -1.84. The highest BCUT2D eigenvalue weighted by Gasteiger charge is 2.60. The maximum absolute atomic E-state index is 12.9. The lowest BCUT2D eigenvalue weighted by Crippen LogP contribution is -2.55. The standard InChI is InChI=1S/C22H28O4/c1-12-6-7-16-20-21(12,3)9-8-13(2)22(20,4)11-14-18(24)17(25-5)10-15(23)19(14)26-16/h10,13,16,20H,1,6-9,11H2,2-5H3/t13-,16-,20+,21+,22+/m0/s1. The Morgan fingerprint density at radius 2 is 2.00 bits per heavy atom. The summed E-state index contributed by atoms with van der Waals surface area (Å²) in [4.78, 5) is 25.6. The Morgan fingerprint density at radius 1 is 1.27 bits per heavy atom. The van der Waals surface area contributed by atoms with Crippen LogP contribution in [0.25, 0.3) is 0 Å². The van der Waals surface area contributed by atoms with Crippen LogP contribution >= 0.6 is 0 Å². The second kappa shape index (κ2) is 5.58. The molecular weight excluding hydrogens is 328 g/mol.